The molecular formula is C8H13N3O. The Labute approximate surface area is 71.4 Å². The van der Waals surface area contributed by atoms with E-state index in [0.29, 0.717) is 5.92 Å². The van der Waals surface area contributed by atoms with Crippen molar-refractivity contribution in [2.24, 2.45) is 5.92 Å². The number of nitrogens with zero attached hydrogens (tertiary/aromatic N) is 1. The Bertz CT molecular complexity index is 259. The molecule has 0 aromatic carbocycles. The highest BCUT2D eigenvalue weighted by Gasteiger charge is 2.53. The first-order valence-electron chi connectivity index (χ1n) is 4.20. The minimum absolute atomic E-state index is 0.0370. The maximum Gasteiger partial charge on any atom is 0.254 e. The molecule has 66 valence electrons. The van der Waals surface area contributed by atoms with Crippen LogP contribution in [0.4, 0.5) is 0 Å². The van der Waals surface area contributed by atoms with Crippen LogP contribution in [-0.2, 0) is 4.79 Å². The second-order valence-electron chi connectivity index (χ2n) is 3.81. The number of carbonyl (C=O) groups is 1. The third kappa shape index (κ3) is 0.777. The van der Waals surface area contributed by atoms with Crippen LogP contribution in [0, 0.1) is 11.3 Å². The minimum Gasteiger partial charge on any atom is -0.342 e. The molecule has 12 heavy (non-hydrogen) atoms. The summed E-state index contributed by atoms with van der Waals surface area (Å²) in [4.78, 5) is 13.0. The van der Waals surface area contributed by atoms with Crippen molar-refractivity contribution in [3.05, 3.63) is 0 Å². The summed E-state index contributed by atoms with van der Waals surface area (Å²) >= 11 is 0. The van der Waals surface area contributed by atoms with Gasteiger partial charge in [0.1, 0.15) is 5.54 Å². The van der Waals surface area contributed by atoms with E-state index in [9.17, 15) is 4.79 Å². The van der Waals surface area contributed by atoms with Gasteiger partial charge in [0.2, 0.25) is 0 Å². The van der Waals surface area contributed by atoms with E-state index in [-0.39, 0.29) is 11.9 Å². The van der Waals surface area contributed by atoms with Gasteiger partial charge in [0.15, 0.2) is 5.96 Å². The van der Waals surface area contributed by atoms with E-state index in [2.05, 4.69) is 5.32 Å². The van der Waals surface area contributed by atoms with E-state index in [0.717, 1.165) is 12.8 Å². The monoisotopic (exact) mass is 167 g/mol. The summed E-state index contributed by atoms with van der Waals surface area (Å²) in [7, 11) is 1.64. The van der Waals surface area contributed by atoms with Crippen molar-refractivity contribution in [3.63, 3.8) is 0 Å². The molecule has 1 amide bonds. The molecule has 0 radical (unpaired) electrons. The summed E-state index contributed by atoms with van der Waals surface area (Å²) in [5, 5.41) is 10.4. The van der Waals surface area contributed by atoms with Gasteiger partial charge in [-0.25, -0.2) is 0 Å². The van der Waals surface area contributed by atoms with Crippen molar-refractivity contribution in [2.75, 3.05) is 7.05 Å². The Morgan fingerprint density at radius 2 is 2.25 bits per heavy atom. The molecule has 4 nitrogen and oxygen atoms in total. The molecule has 0 aromatic rings. The minimum atomic E-state index is -0.480. The van der Waals surface area contributed by atoms with Crippen LogP contribution in [-0.4, -0.2) is 29.4 Å². The second kappa shape index (κ2) is 2.00. The molecule has 1 heterocycles. The molecular weight excluding hydrogens is 154 g/mol. The molecule has 4 heteroatoms. The van der Waals surface area contributed by atoms with E-state index in [1.807, 2.05) is 6.92 Å². The lowest BCUT2D eigenvalue weighted by atomic mass is 9.96. The van der Waals surface area contributed by atoms with Crippen molar-refractivity contribution < 1.29 is 4.79 Å². The summed E-state index contributed by atoms with van der Waals surface area (Å²) in [5.74, 6) is 0.708. The second-order valence-corrected chi connectivity index (χ2v) is 3.81. The molecule has 2 aliphatic rings. The lowest BCUT2D eigenvalue weighted by Crippen LogP contribution is -2.45. The van der Waals surface area contributed by atoms with Crippen molar-refractivity contribution in [1.82, 2.24) is 10.2 Å². The maximum atomic E-state index is 11.6. The standard InChI is InChI=1S/C8H13N3O/c1-8(5-3-4-5)6(12)11(2)7(9)10-8/h5H,3-4H2,1-2H3,(H2,9,10). The zero-order valence-electron chi connectivity index (χ0n) is 7.35. The van der Waals surface area contributed by atoms with E-state index in [4.69, 9.17) is 5.41 Å². The summed E-state index contributed by atoms with van der Waals surface area (Å²) < 4.78 is 0. The average Bonchev–Trinajstić information content (AvgIpc) is 2.80. The van der Waals surface area contributed by atoms with Gasteiger partial charge in [0, 0.05) is 7.05 Å². The highest BCUT2D eigenvalue weighted by atomic mass is 16.2. The van der Waals surface area contributed by atoms with Crippen LogP contribution >= 0.6 is 0 Å². The Morgan fingerprint density at radius 3 is 2.58 bits per heavy atom. The van der Waals surface area contributed by atoms with Crippen LogP contribution in [0.3, 0.4) is 0 Å². The molecule has 2 fully saturated rings. The first-order valence-corrected chi connectivity index (χ1v) is 4.20. The number of hydrogen-bond donors (Lipinski definition) is 2. The van der Waals surface area contributed by atoms with Gasteiger partial charge in [-0.2, -0.15) is 0 Å². The number of carbonyl (C=O) groups excluding carboxylic acids is 1. The molecule has 2 rings (SSSR count). The molecule has 1 aliphatic carbocycles. The van der Waals surface area contributed by atoms with Gasteiger partial charge in [-0.05, 0) is 25.7 Å². The summed E-state index contributed by atoms with van der Waals surface area (Å²) in [6.07, 6.45) is 2.22. The quantitative estimate of drug-likeness (QED) is 0.584. The summed E-state index contributed by atoms with van der Waals surface area (Å²) in [6.45, 7) is 1.89. The molecule has 0 spiro atoms. The van der Waals surface area contributed by atoms with Crippen LogP contribution in [0.25, 0.3) is 0 Å². The normalized spacial score (nSPS) is 35.7. The van der Waals surface area contributed by atoms with Crippen LogP contribution < -0.4 is 5.32 Å². The van der Waals surface area contributed by atoms with Crippen LogP contribution in [0.5, 0.6) is 0 Å². The first-order chi connectivity index (χ1) is 5.55. The predicted octanol–water partition coefficient (Wildman–Crippen LogP) is 0.151. The topological polar surface area (TPSA) is 56.2 Å². The fourth-order valence-electron chi connectivity index (χ4n) is 1.77. The van der Waals surface area contributed by atoms with Gasteiger partial charge in [-0.3, -0.25) is 15.1 Å². The largest absolute Gasteiger partial charge is 0.342 e. The Balaban J connectivity index is 2.28. The lowest BCUT2D eigenvalue weighted by molar-refractivity contribution is -0.130. The van der Waals surface area contributed by atoms with Gasteiger partial charge in [0.05, 0.1) is 0 Å². The SMILES string of the molecule is CN1C(=N)NC(C)(C2CC2)C1=O. The number of amides is 1. The van der Waals surface area contributed by atoms with Gasteiger partial charge in [-0.1, -0.05) is 0 Å². The number of guanidine groups is 1. The molecule has 0 bridgehead atoms. The Kier molecular flexibility index (Phi) is 1.26. The number of likely N-dealkylation sites (N-methyl/N-ethyl adjacent to an activating group) is 1. The Morgan fingerprint density at radius 1 is 1.67 bits per heavy atom. The predicted molar refractivity (Wildman–Crippen MR) is 44.8 cm³/mol. The van der Waals surface area contributed by atoms with Crippen LogP contribution in [0.2, 0.25) is 0 Å². The van der Waals surface area contributed by atoms with E-state index in [1.165, 1.54) is 4.90 Å². The molecule has 1 aliphatic heterocycles. The van der Waals surface area contributed by atoms with Crippen LogP contribution in [0.15, 0.2) is 0 Å². The molecule has 2 N–H and O–H groups in total. The molecule has 1 atom stereocenters. The smallest absolute Gasteiger partial charge is 0.254 e. The van der Waals surface area contributed by atoms with Gasteiger partial charge in [-0.15, -0.1) is 0 Å². The third-order valence-corrected chi connectivity index (χ3v) is 2.86. The molecule has 1 saturated carbocycles. The lowest BCUT2D eigenvalue weighted by Gasteiger charge is -2.20. The summed E-state index contributed by atoms with van der Waals surface area (Å²) in [6, 6.07) is 0. The number of nitrogens with one attached hydrogen (secondary N) is 2. The number of hydrogen-bond acceptors (Lipinski definition) is 2. The molecule has 1 saturated heterocycles. The number of rotatable bonds is 1. The highest BCUT2D eigenvalue weighted by Crippen LogP contribution is 2.42. The van der Waals surface area contributed by atoms with Gasteiger partial charge in [0.25, 0.3) is 5.91 Å². The third-order valence-electron chi connectivity index (χ3n) is 2.86. The Hall–Kier alpha value is -1.06. The van der Waals surface area contributed by atoms with Crippen molar-refractivity contribution in [3.8, 4) is 0 Å². The van der Waals surface area contributed by atoms with E-state index >= 15 is 0 Å². The maximum absolute atomic E-state index is 11.6. The first kappa shape index (κ1) is 7.58. The average molecular weight is 167 g/mol. The fraction of sp³-hybridized carbons (Fsp3) is 0.750. The van der Waals surface area contributed by atoms with Crippen LogP contribution in [0.1, 0.15) is 19.8 Å². The van der Waals surface area contributed by atoms with Crippen molar-refractivity contribution >= 4 is 11.9 Å². The zero-order chi connectivity index (χ0) is 8.93. The summed E-state index contributed by atoms with van der Waals surface area (Å²) in [5.41, 5.74) is -0.480. The van der Waals surface area contributed by atoms with Gasteiger partial charge >= 0.3 is 0 Å². The highest BCUT2D eigenvalue weighted by molar-refractivity contribution is 6.07. The van der Waals surface area contributed by atoms with Crippen molar-refractivity contribution in [1.29, 1.82) is 5.41 Å². The molecule has 0 aromatic heterocycles. The fourth-order valence-corrected chi connectivity index (χ4v) is 1.77. The van der Waals surface area contributed by atoms with Crippen molar-refractivity contribution in [2.45, 2.75) is 25.3 Å². The van der Waals surface area contributed by atoms with E-state index < -0.39 is 5.54 Å². The molecule has 1 unspecified atom stereocenters. The zero-order valence-corrected chi connectivity index (χ0v) is 7.35. The van der Waals surface area contributed by atoms with Gasteiger partial charge < -0.3 is 5.32 Å². The van der Waals surface area contributed by atoms with E-state index in [1.54, 1.807) is 7.05 Å².